The number of allylic oxidation sites excluding steroid dienone is 6. The molecule has 0 radical (unpaired) electrons. The van der Waals surface area contributed by atoms with Crippen molar-refractivity contribution in [3.63, 3.8) is 0 Å². The molecule has 0 bridgehead atoms. The van der Waals surface area contributed by atoms with Gasteiger partial charge in [-0.15, -0.1) is 0 Å². The number of alkyl halides is 1. The number of esters is 1. The molecule has 0 saturated heterocycles. The highest BCUT2D eigenvalue weighted by Gasteiger charge is 2.10. The first kappa shape index (κ1) is 13.8. The third kappa shape index (κ3) is 4.61. The Bertz CT molecular complexity index is 403. The summed E-state index contributed by atoms with van der Waals surface area (Å²) in [5.74, 6) is 0.844. The molecule has 1 rings (SSSR count). The second-order valence-electron chi connectivity index (χ2n) is 3.44. The lowest BCUT2D eigenvalue weighted by molar-refractivity contribution is -0.134. The van der Waals surface area contributed by atoms with Gasteiger partial charge in [-0.2, -0.15) is 0 Å². The standard InChI is InChI=1S/C13H15BrO3/c1-10-8-12(16-2)7-5-3-4-6-11(9-14)13(15)17-10/h3-4,6-8H,5,9H2,1-2H3/b4-3+,10-8?,11-6-,12-7?. The fourth-order valence-electron chi connectivity index (χ4n) is 1.26. The van der Waals surface area contributed by atoms with Crippen molar-refractivity contribution in [3.05, 3.63) is 47.5 Å². The Labute approximate surface area is 110 Å². The smallest absolute Gasteiger partial charge is 0.339 e. The zero-order valence-electron chi connectivity index (χ0n) is 9.90. The SMILES string of the molecule is COC1=CC/C=C/C=C(/CBr)C(=O)OC(C)=C1. The average Bonchev–Trinajstić information content (AvgIpc) is 2.33. The largest absolute Gasteiger partial charge is 0.497 e. The van der Waals surface area contributed by atoms with Crippen molar-refractivity contribution < 1.29 is 14.3 Å². The Morgan fingerprint density at radius 2 is 2.29 bits per heavy atom. The molecule has 0 N–H and O–H groups in total. The summed E-state index contributed by atoms with van der Waals surface area (Å²) < 4.78 is 10.3. The summed E-state index contributed by atoms with van der Waals surface area (Å²) in [6.07, 6.45) is 9.89. The van der Waals surface area contributed by atoms with E-state index in [0.717, 1.165) is 6.42 Å². The molecule has 0 aromatic rings. The van der Waals surface area contributed by atoms with E-state index in [9.17, 15) is 4.79 Å². The molecule has 0 aromatic heterocycles. The molecule has 0 atom stereocenters. The molecule has 1 heterocycles. The molecular formula is C13H15BrO3. The lowest BCUT2D eigenvalue weighted by atomic mass is 10.2. The first-order valence-corrected chi connectivity index (χ1v) is 6.35. The van der Waals surface area contributed by atoms with E-state index in [0.29, 0.717) is 22.4 Å². The second kappa shape index (κ2) is 7.12. The molecule has 0 saturated carbocycles. The normalized spacial score (nSPS) is 22.3. The Balaban J connectivity index is 2.99. The zero-order chi connectivity index (χ0) is 12.7. The molecule has 0 unspecified atom stereocenters. The monoisotopic (exact) mass is 298 g/mol. The summed E-state index contributed by atoms with van der Waals surface area (Å²) in [4.78, 5) is 11.7. The van der Waals surface area contributed by atoms with Gasteiger partial charge >= 0.3 is 5.97 Å². The average molecular weight is 299 g/mol. The maximum atomic E-state index is 11.7. The fraction of sp³-hybridized carbons (Fsp3) is 0.308. The van der Waals surface area contributed by atoms with Crippen LogP contribution in [0.3, 0.4) is 0 Å². The molecule has 0 spiro atoms. The summed E-state index contributed by atoms with van der Waals surface area (Å²) in [5.41, 5.74) is 0.579. The lowest BCUT2D eigenvalue weighted by Gasteiger charge is -2.06. The zero-order valence-corrected chi connectivity index (χ0v) is 11.5. The number of hydrogen-bond donors (Lipinski definition) is 0. The van der Waals surface area contributed by atoms with Crippen molar-refractivity contribution in [3.8, 4) is 0 Å². The van der Waals surface area contributed by atoms with E-state index in [4.69, 9.17) is 9.47 Å². The summed E-state index contributed by atoms with van der Waals surface area (Å²) >= 11 is 3.26. The predicted molar refractivity (Wildman–Crippen MR) is 70.6 cm³/mol. The molecular weight excluding hydrogens is 284 g/mol. The highest BCUT2D eigenvalue weighted by atomic mass is 79.9. The molecule has 4 heteroatoms. The number of carbonyl (C=O) groups excluding carboxylic acids is 1. The summed E-state index contributed by atoms with van der Waals surface area (Å²) in [7, 11) is 1.59. The molecule has 1 aliphatic rings. The van der Waals surface area contributed by atoms with Gasteiger partial charge < -0.3 is 9.47 Å². The quantitative estimate of drug-likeness (QED) is 0.580. The highest BCUT2D eigenvalue weighted by Crippen LogP contribution is 2.12. The molecule has 17 heavy (non-hydrogen) atoms. The van der Waals surface area contributed by atoms with Crippen LogP contribution in [0.5, 0.6) is 0 Å². The molecule has 92 valence electrons. The van der Waals surface area contributed by atoms with Gasteiger partial charge in [0.15, 0.2) is 0 Å². The number of ether oxygens (including phenoxy) is 2. The molecule has 0 aromatic carbocycles. The maximum absolute atomic E-state index is 11.7. The fourth-order valence-corrected chi connectivity index (χ4v) is 1.67. The Morgan fingerprint density at radius 1 is 1.53 bits per heavy atom. The van der Waals surface area contributed by atoms with E-state index >= 15 is 0 Å². The summed E-state index contributed by atoms with van der Waals surface area (Å²) in [6.45, 7) is 1.72. The second-order valence-corrected chi connectivity index (χ2v) is 4.01. The van der Waals surface area contributed by atoms with Gasteiger partial charge in [-0.25, -0.2) is 4.79 Å². The van der Waals surface area contributed by atoms with Crippen molar-refractivity contribution in [2.24, 2.45) is 0 Å². The number of carbonyl (C=O) groups is 1. The minimum Gasteiger partial charge on any atom is -0.497 e. The Morgan fingerprint density at radius 3 is 2.94 bits per heavy atom. The van der Waals surface area contributed by atoms with Gasteiger partial charge in [0, 0.05) is 17.0 Å². The first-order chi connectivity index (χ1) is 8.17. The summed E-state index contributed by atoms with van der Waals surface area (Å²) in [6, 6.07) is 0. The van der Waals surface area contributed by atoms with Gasteiger partial charge in [-0.3, -0.25) is 0 Å². The van der Waals surface area contributed by atoms with Gasteiger partial charge in [-0.05, 0) is 19.4 Å². The topological polar surface area (TPSA) is 35.5 Å². The van der Waals surface area contributed by atoms with Gasteiger partial charge in [0.1, 0.15) is 11.5 Å². The van der Waals surface area contributed by atoms with Crippen LogP contribution in [0.15, 0.2) is 47.5 Å². The van der Waals surface area contributed by atoms with E-state index in [-0.39, 0.29) is 5.97 Å². The molecule has 0 amide bonds. The number of methoxy groups -OCH3 is 1. The van der Waals surface area contributed by atoms with E-state index < -0.39 is 0 Å². The Kier molecular flexibility index (Phi) is 5.77. The van der Waals surface area contributed by atoms with Crippen LogP contribution in [0.1, 0.15) is 13.3 Å². The van der Waals surface area contributed by atoms with E-state index in [1.807, 2.05) is 18.2 Å². The van der Waals surface area contributed by atoms with Gasteiger partial charge in [0.25, 0.3) is 0 Å². The van der Waals surface area contributed by atoms with Gasteiger partial charge in [-0.1, -0.05) is 34.2 Å². The van der Waals surface area contributed by atoms with E-state index in [1.54, 1.807) is 26.2 Å². The van der Waals surface area contributed by atoms with Gasteiger partial charge in [0.2, 0.25) is 0 Å². The van der Waals surface area contributed by atoms with Crippen molar-refractivity contribution in [2.45, 2.75) is 13.3 Å². The van der Waals surface area contributed by atoms with Crippen LogP contribution in [-0.4, -0.2) is 18.4 Å². The molecule has 1 aliphatic heterocycles. The molecule has 3 nitrogen and oxygen atoms in total. The van der Waals surface area contributed by atoms with Crippen molar-refractivity contribution in [1.29, 1.82) is 0 Å². The third-order valence-corrected chi connectivity index (χ3v) is 2.73. The van der Waals surface area contributed by atoms with Crippen LogP contribution in [0.2, 0.25) is 0 Å². The van der Waals surface area contributed by atoms with Crippen LogP contribution in [0.25, 0.3) is 0 Å². The highest BCUT2D eigenvalue weighted by molar-refractivity contribution is 9.09. The maximum Gasteiger partial charge on any atom is 0.339 e. The number of hydrogen-bond acceptors (Lipinski definition) is 3. The van der Waals surface area contributed by atoms with Crippen LogP contribution in [-0.2, 0) is 14.3 Å². The van der Waals surface area contributed by atoms with Crippen LogP contribution in [0.4, 0.5) is 0 Å². The van der Waals surface area contributed by atoms with Gasteiger partial charge in [0.05, 0.1) is 7.11 Å². The Hall–Kier alpha value is -1.29. The minimum atomic E-state index is -0.349. The number of cyclic esters (lactones) is 1. The molecule has 0 aliphatic carbocycles. The van der Waals surface area contributed by atoms with Crippen molar-refractivity contribution >= 4 is 21.9 Å². The predicted octanol–water partition coefficient (Wildman–Crippen LogP) is 3.24. The van der Waals surface area contributed by atoms with E-state index in [2.05, 4.69) is 15.9 Å². The first-order valence-electron chi connectivity index (χ1n) is 5.23. The third-order valence-electron chi connectivity index (χ3n) is 2.13. The minimum absolute atomic E-state index is 0.349. The van der Waals surface area contributed by atoms with E-state index in [1.165, 1.54) is 0 Å². The van der Waals surface area contributed by atoms with Crippen LogP contribution in [0, 0.1) is 0 Å². The number of rotatable bonds is 2. The van der Waals surface area contributed by atoms with Crippen LogP contribution < -0.4 is 0 Å². The number of halogens is 1. The lowest BCUT2D eigenvalue weighted by Crippen LogP contribution is -2.07. The molecule has 0 fully saturated rings. The van der Waals surface area contributed by atoms with Crippen LogP contribution >= 0.6 is 15.9 Å². The summed E-state index contributed by atoms with van der Waals surface area (Å²) in [5, 5.41) is 0.466. The van der Waals surface area contributed by atoms with Crippen molar-refractivity contribution in [2.75, 3.05) is 12.4 Å². The van der Waals surface area contributed by atoms with Crippen molar-refractivity contribution in [1.82, 2.24) is 0 Å².